The Balaban J connectivity index is 1.44. The third-order valence-corrected chi connectivity index (χ3v) is 9.48. The minimum absolute atomic E-state index is 0.0628. The van der Waals surface area contributed by atoms with Gasteiger partial charge in [0.15, 0.2) is 0 Å². The molecule has 0 fully saturated rings. The molecule has 0 aliphatic heterocycles. The van der Waals surface area contributed by atoms with Crippen molar-refractivity contribution in [2.75, 3.05) is 24.2 Å². The van der Waals surface area contributed by atoms with Crippen LogP contribution in [0.2, 0.25) is 0 Å². The van der Waals surface area contributed by atoms with Crippen molar-refractivity contribution in [2.45, 2.75) is 32.0 Å². The first kappa shape index (κ1) is 33.1. The van der Waals surface area contributed by atoms with Gasteiger partial charge in [-0.1, -0.05) is 93.9 Å². The lowest BCUT2D eigenvalue weighted by Gasteiger charge is -2.20. The Morgan fingerprint density at radius 3 is 2.33 bits per heavy atom. The summed E-state index contributed by atoms with van der Waals surface area (Å²) >= 11 is 3.54. The summed E-state index contributed by atoms with van der Waals surface area (Å²) in [6, 6.07) is 32.7. The molecule has 0 aliphatic rings. The molecule has 0 aliphatic carbocycles. The highest BCUT2D eigenvalue weighted by atomic mass is 79.9. The van der Waals surface area contributed by atoms with Crippen molar-refractivity contribution >= 4 is 37.5 Å². The summed E-state index contributed by atoms with van der Waals surface area (Å²) in [5.74, 6) is -0.326. The minimum Gasteiger partial charge on any atom is -0.346 e. The number of amides is 1. The van der Waals surface area contributed by atoms with E-state index in [2.05, 4.69) is 61.1 Å². The molecule has 4 aromatic carbocycles. The van der Waals surface area contributed by atoms with Crippen LogP contribution in [0.15, 0.2) is 114 Å². The first-order valence-electron chi connectivity index (χ1n) is 14.9. The summed E-state index contributed by atoms with van der Waals surface area (Å²) in [6.45, 7) is 3.22. The van der Waals surface area contributed by atoms with Gasteiger partial charge in [0.2, 0.25) is 10.0 Å². The standard InChI is InChI=1S/C35H37BrN6O3S/c1-25(28-14-8-5-9-15-28)38-35(43)30-19-29(20-32(21-30)41(2)46(3,44)45)34-24-42(40-39-34)33(18-26-11-6-4-7-12-26)23-37-22-27-13-10-16-31(36)17-27/h4-17,19-21,24-25,33,37H,18,22-23H2,1-3H3,(H,38,43)/t25-,33+/m1/s1. The van der Waals surface area contributed by atoms with Crippen molar-refractivity contribution in [3.05, 3.63) is 136 Å². The Labute approximate surface area is 278 Å². The van der Waals surface area contributed by atoms with Crippen molar-refractivity contribution in [2.24, 2.45) is 0 Å². The zero-order chi connectivity index (χ0) is 32.7. The second-order valence-electron chi connectivity index (χ2n) is 11.3. The summed E-state index contributed by atoms with van der Waals surface area (Å²) in [7, 11) is -2.13. The van der Waals surface area contributed by atoms with Crippen LogP contribution in [0, 0.1) is 0 Å². The van der Waals surface area contributed by atoms with Gasteiger partial charge >= 0.3 is 0 Å². The van der Waals surface area contributed by atoms with E-state index >= 15 is 0 Å². The van der Waals surface area contributed by atoms with E-state index in [9.17, 15) is 13.2 Å². The molecule has 2 atom stereocenters. The summed E-state index contributed by atoms with van der Waals surface area (Å²) < 4.78 is 29.0. The van der Waals surface area contributed by atoms with E-state index in [0.717, 1.165) is 38.1 Å². The van der Waals surface area contributed by atoms with Gasteiger partial charge in [0.25, 0.3) is 5.91 Å². The van der Waals surface area contributed by atoms with Crippen LogP contribution in [0.5, 0.6) is 0 Å². The van der Waals surface area contributed by atoms with Gasteiger partial charge in [0, 0.05) is 35.7 Å². The van der Waals surface area contributed by atoms with Crippen molar-refractivity contribution in [1.29, 1.82) is 0 Å². The molecule has 1 amide bonds. The largest absolute Gasteiger partial charge is 0.346 e. The fourth-order valence-electron chi connectivity index (χ4n) is 5.13. The minimum atomic E-state index is -3.59. The first-order chi connectivity index (χ1) is 22.1. The Kier molecular flexibility index (Phi) is 10.7. The Hall–Kier alpha value is -4.32. The number of hydrogen-bond donors (Lipinski definition) is 2. The zero-order valence-electron chi connectivity index (χ0n) is 26.0. The molecule has 1 aromatic heterocycles. The molecular formula is C35H37BrN6O3S. The lowest BCUT2D eigenvalue weighted by Crippen LogP contribution is -2.28. The molecule has 46 heavy (non-hydrogen) atoms. The normalized spacial score (nSPS) is 12.8. The maximum Gasteiger partial charge on any atom is 0.251 e. The van der Waals surface area contributed by atoms with Crippen LogP contribution >= 0.6 is 15.9 Å². The second-order valence-corrected chi connectivity index (χ2v) is 14.2. The van der Waals surface area contributed by atoms with Crippen LogP contribution in [-0.4, -0.2) is 49.2 Å². The van der Waals surface area contributed by atoms with Gasteiger partial charge in [-0.2, -0.15) is 0 Å². The quantitative estimate of drug-likeness (QED) is 0.152. The average molecular weight is 702 g/mol. The molecule has 1 heterocycles. The predicted octanol–water partition coefficient (Wildman–Crippen LogP) is 6.17. The van der Waals surface area contributed by atoms with E-state index in [1.807, 2.05) is 78.5 Å². The highest BCUT2D eigenvalue weighted by molar-refractivity contribution is 9.10. The molecule has 0 saturated carbocycles. The maximum absolute atomic E-state index is 13.5. The Morgan fingerprint density at radius 2 is 1.63 bits per heavy atom. The van der Waals surface area contributed by atoms with Gasteiger partial charge in [-0.25, -0.2) is 13.1 Å². The summed E-state index contributed by atoms with van der Waals surface area (Å²) in [6.07, 6.45) is 3.70. The zero-order valence-corrected chi connectivity index (χ0v) is 28.4. The molecule has 0 unspecified atom stereocenters. The highest BCUT2D eigenvalue weighted by Crippen LogP contribution is 2.28. The van der Waals surface area contributed by atoms with Gasteiger partial charge in [0.05, 0.1) is 30.2 Å². The summed E-state index contributed by atoms with van der Waals surface area (Å²) in [4.78, 5) is 13.5. The van der Waals surface area contributed by atoms with Crippen LogP contribution in [0.4, 0.5) is 5.69 Å². The van der Waals surface area contributed by atoms with E-state index in [0.29, 0.717) is 35.6 Å². The topological polar surface area (TPSA) is 109 Å². The third-order valence-electron chi connectivity index (χ3n) is 7.78. The molecule has 11 heteroatoms. The van der Waals surface area contributed by atoms with E-state index < -0.39 is 10.0 Å². The summed E-state index contributed by atoms with van der Waals surface area (Å²) in [5, 5.41) is 15.6. The van der Waals surface area contributed by atoms with Gasteiger partial charge in [-0.15, -0.1) is 5.10 Å². The molecular weight excluding hydrogens is 664 g/mol. The number of sulfonamides is 1. The van der Waals surface area contributed by atoms with E-state index in [1.54, 1.807) is 18.2 Å². The lowest BCUT2D eigenvalue weighted by atomic mass is 10.0. The number of halogens is 1. The number of aromatic nitrogens is 3. The molecule has 5 aromatic rings. The van der Waals surface area contributed by atoms with Crippen molar-refractivity contribution in [1.82, 2.24) is 25.6 Å². The van der Waals surface area contributed by atoms with Crippen LogP contribution in [0.3, 0.4) is 0 Å². The van der Waals surface area contributed by atoms with Crippen LogP contribution in [0.25, 0.3) is 11.3 Å². The molecule has 2 N–H and O–H groups in total. The Morgan fingerprint density at radius 1 is 0.935 bits per heavy atom. The van der Waals surface area contributed by atoms with E-state index in [4.69, 9.17) is 0 Å². The van der Waals surface area contributed by atoms with Gasteiger partial charge in [0.1, 0.15) is 5.69 Å². The number of nitrogens with zero attached hydrogens (tertiary/aromatic N) is 4. The van der Waals surface area contributed by atoms with Crippen LogP contribution in [-0.2, 0) is 23.0 Å². The van der Waals surface area contributed by atoms with Gasteiger partial charge in [-0.3, -0.25) is 9.10 Å². The summed E-state index contributed by atoms with van der Waals surface area (Å²) in [5.41, 5.74) is 5.06. The van der Waals surface area contributed by atoms with Crippen molar-refractivity contribution < 1.29 is 13.2 Å². The smallest absolute Gasteiger partial charge is 0.251 e. The van der Waals surface area contributed by atoms with Gasteiger partial charge in [-0.05, 0) is 60.4 Å². The molecule has 0 radical (unpaired) electrons. The predicted molar refractivity (Wildman–Crippen MR) is 186 cm³/mol. The molecule has 238 valence electrons. The fraction of sp³-hybridized carbons (Fsp3) is 0.229. The lowest BCUT2D eigenvalue weighted by molar-refractivity contribution is 0.0940. The third kappa shape index (κ3) is 8.68. The Bertz CT molecular complexity index is 1880. The van der Waals surface area contributed by atoms with E-state index in [-0.39, 0.29) is 18.0 Å². The number of anilines is 1. The number of carbonyl (C=O) groups excluding carboxylic acids is 1. The SMILES string of the molecule is C[C@@H](NC(=O)c1cc(-c2cn([C@H](CNCc3cccc(Br)c3)Cc3ccccc3)nn2)cc(N(C)S(C)(=O)=O)c1)c1ccccc1. The maximum atomic E-state index is 13.5. The first-order valence-corrected chi connectivity index (χ1v) is 17.6. The molecule has 9 nitrogen and oxygen atoms in total. The van der Waals surface area contributed by atoms with Crippen molar-refractivity contribution in [3.63, 3.8) is 0 Å². The van der Waals surface area contributed by atoms with Crippen LogP contribution in [0.1, 0.15) is 46.1 Å². The van der Waals surface area contributed by atoms with Gasteiger partial charge < -0.3 is 10.6 Å². The monoisotopic (exact) mass is 700 g/mol. The number of rotatable bonds is 13. The van der Waals surface area contributed by atoms with Crippen LogP contribution < -0.4 is 14.9 Å². The number of carbonyl (C=O) groups is 1. The molecule has 0 bridgehead atoms. The molecule has 0 spiro atoms. The average Bonchev–Trinajstić information content (AvgIpc) is 3.55. The number of benzene rings is 4. The van der Waals surface area contributed by atoms with E-state index in [1.165, 1.54) is 7.05 Å². The second kappa shape index (κ2) is 14.8. The molecule has 0 saturated heterocycles. The number of nitrogens with one attached hydrogen (secondary N) is 2. The number of hydrogen-bond acceptors (Lipinski definition) is 6. The fourth-order valence-corrected chi connectivity index (χ4v) is 6.07. The highest BCUT2D eigenvalue weighted by Gasteiger charge is 2.21. The molecule has 5 rings (SSSR count). The van der Waals surface area contributed by atoms with Crippen molar-refractivity contribution in [3.8, 4) is 11.3 Å².